The number of nitrogens with one attached hydrogen (secondary N) is 3. The molecule has 3 atom stereocenters. The second-order valence-corrected chi connectivity index (χ2v) is 5.66. The average Bonchev–Trinajstić information content (AvgIpc) is 2.93. The van der Waals surface area contributed by atoms with E-state index in [2.05, 4.69) is 27.5 Å². The largest absolute Gasteiger partial charge is 0.480 e. The molecule has 2 unspecified atom stereocenters. The summed E-state index contributed by atoms with van der Waals surface area (Å²) in [6.07, 6.45) is 7.57. The van der Waals surface area contributed by atoms with E-state index in [4.69, 9.17) is 0 Å². The molecule has 0 aliphatic heterocycles. The van der Waals surface area contributed by atoms with Crippen LogP contribution in [0.5, 0.6) is 0 Å². The summed E-state index contributed by atoms with van der Waals surface area (Å²) in [5.74, 6) is -0.628. The highest BCUT2D eigenvalue weighted by molar-refractivity contribution is 5.82. The number of rotatable bonds is 5. The van der Waals surface area contributed by atoms with Gasteiger partial charge in [-0.3, -0.25) is 0 Å². The van der Waals surface area contributed by atoms with E-state index in [1.165, 1.54) is 12.7 Å². The van der Waals surface area contributed by atoms with Crippen molar-refractivity contribution in [1.29, 1.82) is 0 Å². The Morgan fingerprint density at radius 2 is 2.24 bits per heavy atom. The van der Waals surface area contributed by atoms with Gasteiger partial charge >= 0.3 is 12.0 Å². The zero-order valence-corrected chi connectivity index (χ0v) is 12.1. The summed E-state index contributed by atoms with van der Waals surface area (Å²) in [6.45, 7) is 2.11. The highest BCUT2D eigenvalue weighted by Gasteiger charge is 2.25. The van der Waals surface area contributed by atoms with Crippen molar-refractivity contribution in [3.05, 3.63) is 18.2 Å². The van der Waals surface area contributed by atoms with E-state index < -0.39 is 18.0 Å². The van der Waals surface area contributed by atoms with Crippen molar-refractivity contribution in [3.63, 3.8) is 0 Å². The van der Waals surface area contributed by atoms with E-state index in [-0.39, 0.29) is 12.5 Å². The SMILES string of the molecule is CC1CCCCC1NC(=O)N[C@H](Cc1cnc[nH]1)C(=O)O. The van der Waals surface area contributed by atoms with Gasteiger partial charge in [0.15, 0.2) is 0 Å². The summed E-state index contributed by atoms with van der Waals surface area (Å²) in [5.41, 5.74) is 0.675. The summed E-state index contributed by atoms with van der Waals surface area (Å²) >= 11 is 0. The minimum atomic E-state index is -1.06. The highest BCUT2D eigenvalue weighted by Crippen LogP contribution is 2.23. The van der Waals surface area contributed by atoms with E-state index in [0.717, 1.165) is 19.3 Å². The Hall–Kier alpha value is -2.05. The number of aliphatic carboxylic acids is 1. The van der Waals surface area contributed by atoms with Gasteiger partial charge in [-0.2, -0.15) is 0 Å². The molecule has 7 nitrogen and oxygen atoms in total. The molecule has 1 heterocycles. The lowest BCUT2D eigenvalue weighted by Gasteiger charge is -2.30. The van der Waals surface area contributed by atoms with Crippen LogP contribution >= 0.6 is 0 Å². The first-order valence-electron chi connectivity index (χ1n) is 7.33. The fraction of sp³-hybridized carbons (Fsp3) is 0.643. The van der Waals surface area contributed by atoms with Gasteiger partial charge in [0.25, 0.3) is 0 Å². The van der Waals surface area contributed by atoms with Crippen molar-refractivity contribution in [3.8, 4) is 0 Å². The van der Waals surface area contributed by atoms with E-state index in [9.17, 15) is 14.7 Å². The monoisotopic (exact) mass is 294 g/mol. The Labute approximate surface area is 123 Å². The average molecular weight is 294 g/mol. The van der Waals surface area contributed by atoms with Crippen molar-refractivity contribution >= 4 is 12.0 Å². The number of hydrogen-bond donors (Lipinski definition) is 4. The van der Waals surface area contributed by atoms with Gasteiger partial charge in [-0.1, -0.05) is 19.8 Å². The van der Waals surface area contributed by atoms with Crippen LogP contribution < -0.4 is 10.6 Å². The maximum Gasteiger partial charge on any atom is 0.326 e. The van der Waals surface area contributed by atoms with Crippen molar-refractivity contribution in [2.75, 3.05) is 0 Å². The van der Waals surface area contributed by atoms with Crippen molar-refractivity contribution in [2.24, 2.45) is 5.92 Å². The van der Waals surface area contributed by atoms with Gasteiger partial charge < -0.3 is 20.7 Å². The fourth-order valence-electron chi connectivity index (χ4n) is 2.72. The molecule has 0 aromatic carbocycles. The van der Waals surface area contributed by atoms with Crippen LogP contribution in [0.15, 0.2) is 12.5 Å². The number of carbonyl (C=O) groups excluding carboxylic acids is 1. The molecule has 7 heteroatoms. The molecule has 1 aliphatic rings. The number of H-pyrrole nitrogens is 1. The molecular formula is C14H22N4O3. The summed E-state index contributed by atoms with van der Waals surface area (Å²) in [4.78, 5) is 29.9. The molecule has 0 radical (unpaired) electrons. The number of amides is 2. The van der Waals surface area contributed by atoms with Gasteiger partial charge in [0.2, 0.25) is 0 Å². The lowest BCUT2D eigenvalue weighted by molar-refractivity contribution is -0.139. The number of urea groups is 1. The van der Waals surface area contributed by atoms with Crippen LogP contribution in [0, 0.1) is 5.92 Å². The predicted molar refractivity (Wildman–Crippen MR) is 76.8 cm³/mol. The van der Waals surface area contributed by atoms with Crippen LogP contribution in [0.3, 0.4) is 0 Å². The standard InChI is InChI=1S/C14H22N4O3/c1-9-4-2-3-5-11(9)17-14(21)18-12(13(19)20)6-10-7-15-8-16-10/h7-9,11-12H,2-6H2,1H3,(H,15,16)(H,19,20)(H2,17,18,21)/t9?,11?,12-/m1/s1. The molecule has 1 saturated carbocycles. The number of carboxylic acids is 1. The number of aromatic amines is 1. The quantitative estimate of drug-likeness (QED) is 0.656. The molecule has 1 aliphatic carbocycles. The number of nitrogens with zero attached hydrogens (tertiary/aromatic N) is 1. The summed E-state index contributed by atoms with van der Waals surface area (Å²) in [5, 5.41) is 14.6. The molecule has 1 fully saturated rings. The minimum Gasteiger partial charge on any atom is -0.480 e. The van der Waals surface area contributed by atoms with E-state index in [1.807, 2.05) is 0 Å². The molecule has 0 spiro atoms. The van der Waals surface area contributed by atoms with Crippen LogP contribution in [0.4, 0.5) is 4.79 Å². The normalized spacial score (nSPS) is 23.3. The molecule has 116 valence electrons. The van der Waals surface area contributed by atoms with E-state index in [1.54, 1.807) is 6.20 Å². The topological polar surface area (TPSA) is 107 Å². The first-order chi connectivity index (χ1) is 10.1. The summed E-state index contributed by atoms with van der Waals surface area (Å²) < 4.78 is 0. The van der Waals surface area contributed by atoms with Gasteiger partial charge in [0.1, 0.15) is 6.04 Å². The van der Waals surface area contributed by atoms with E-state index >= 15 is 0 Å². The van der Waals surface area contributed by atoms with E-state index in [0.29, 0.717) is 11.6 Å². The highest BCUT2D eigenvalue weighted by atomic mass is 16.4. The van der Waals surface area contributed by atoms with Crippen LogP contribution in [-0.4, -0.2) is 39.2 Å². The van der Waals surface area contributed by atoms with Gasteiger partial charge in [0, 0.05) is 24.4 Å². The minimum absolute atomic E-state index is 0.125. The Balaban J connectivity index is 1.87. The molecule has 21 heavy (non-hydrogen) atoms. The van der Waals surface area contributed by atoms with Crippen molar-refractivity contribution in [2.45, 2.75) is 51.1 Å². The third-order valence-electron chi connectivity index (χ3n) is 4.01. The van der Waals surface area contributed by atoms with Gasteiger partial charge in [-0.05, 0) is 18.8 Å². The molecule has 0 bridgehead atoms. The lowest BCUT2D eigenvalue weighted by atomic mass is 9.86. The number of carbonyl (C=O) groups is 2. The smallest absolute Gasteiger partial charge is 0.326 e. The number of carboxylic acid groups (broad SMARTS) is 1. The predicted octanol–water partition coefficient (Wildman–Crippen LogP) is 1.28. The zero-order chi connectivity index (χ0) is 15.2. The first kappa shape index (κ1) is 15.3. The van der Waals surface area contributed by atoms with Crippen LogP contribution in [0.1, 0.15) is 38.3 Å². The number of hydrogen-bond acceptors (Lipinski definition) is 3. The van der Waals surface area contributed by atoms with Gasteiger partial charge in [-0.25, -0.2) is 14.6 Å². The third kappa shape index (κ3) is 4.47. The molecule has 2 amide bonds. The Morgan fingerprint density at radius 1 is 1.48 bits per heavy atom. The Kier molecular flexibility index (Phi) is 5.19. The van der Waals surface area contributed by atoms with Crippen LogP contribution in [0.25, 0.3) is 0 Å². The van der Waals surface area contributed by atoms with Crippen molar-refractivity contribution < 1.29 is 14.7 Å². The zero-order valence-electron chi connectivity index (χ0n) is 12.1. The lowest BCUT2D eigenvalue weighted by Crippen LogP contribution is -2.51. The fourth-order valence-corrected chi connectivity index (χ4v) is 2.72. The maximum absolute atomic E-state index is 12.0. The number of aromatic nitrogens is 2. The van der Waals surface area contributed by atoms with Crippen LogP contribution in [0.2, 0.25) is 0 Å². The molecule has 1 aromatic rings. The molecule has 0 saturated heterocycles. The molecular weight excluding hydrogens is 272 g/mol. The summed E-state index contributed by atoms with van der Waals surface area (Å²) in [7, 11) is 0. The Bertz CT molecular complexity index is 475. The maximum atomic E-state index is 12.0. The second-order valence-electron chi connectivity index (χ2n) is 5.66. The molecule has 1 aromatic heterocycles. The first-order valence-corrected chi connectivity index (χ1v) is 7.33. The molecule has 4 N–H and O–H groups in total. The Morgan fingerprint density at radius 3 is 2.86 bits per heavy atom. The van der Waals surface area contributed by atoms with Gasteiger partial charge in [0.05, 0.1) is 6.33 Å². The number of imidazole rings is 1. The molecule has 2 rings (SSSR count). The summed E-state index contributed by atoms with van der Waals surface area (Å²) in [6, 6.07) is -1.26. The third-order valence-corrected chi connectivity index (χ3v) is 4.01. The van der Waals surface area contributed by atoms with Crippen LogP contribution in [-0.2, 0) is 11.2 Å². The van der Waals surface area contributed by atoms with Gasteiger partial charge in [-0.15, -0.1) is 0 Å². The van der Waals surface area contributed by atoms with Crippen molar-refractivity contribution in [1.82, 2.24) is 20.6 Å². The second kappa shape index (κ2) is 7.10.